The molecule has 6 nitrogen and oxygen atoms in total. The van der Waals surface area contributed by atoms with Crippen LogP contribution in [-0.4, -0.2) is 47.0 Å². The van der Waals surface area contributed by atoms with Gasteiger partial charge in [0.25, 0.3) is 0 Å². The molecule has 0 saturated carbocycles. The molecule has 1 saturated heterocycles. The SMILES string of the molecule is CCOC(=O)C(CN1CCCCCC1=O)=[N+]=[N-]. The number of hydrogen-bond acceptors (Lipinski definition) is 3. The lowest BCUT2D eigenvalue weighted by Gasteiger charge is -2.17. The minimum atomic E-state index is -0.674. The van der Waals surface area contributed by atoms with E-state index in [2.05, 4.69) is 4.79 Å². The van der Waals surface area contributed by atoms with Crippen LogP contribution in [0.15, 0.2) is 0 Å². The summed E-state index contributed by atoms with van der Waals surface area (Å²) in [5.74, 6) is -0.681. The molecule has 1 heterocycles. The number of amides is 1. The highest BCUT2D eigenvalue weighted by molar-refractivity contribution is 6.35. The van der Waals surface area contributed by atoms with E-state index in [1.165, 1.54) is 0 Å². The van der Waals surface area contributed by atoms with Crippen molar-refractivity contribution in [3.05, 3.63) is 5.53 Å². The molecule has 0 unspecified atom stereocenters. The Hall–Kier alpha value is -1.68. The quantitative estimate of drug-likeness (QED) is 0.312. The molecule has 0 aromatic rings. The lowest BCUT2D eigenvalue weighted by molar-refractivity contribution is -0.140. The number of nitrogens with zero attached hydrogens (tertiary/aromatic N) is 3. The first-order valence-electron chi connectivity index (χ1n) is 5.84. The molecule has 0 radical (unpaired) electrons. The van der Waals surface area contributed by atoms with Gasteiger partial charge in [-0.2, -0.15) is 4.79 Å². The summed E-state index contributed by atoms with van der Waals surface area (Å²) >= 11 is 0. The number of esters is 1. The first-order valence-corrected chi connectivity index (χ1v) is 5.84. The second-order valence-corrected chi connectivity index (χ2v) is 3.89. The minimum Gasteiger partial charge on any atom is -0.457 e. The molecule has 0 aliphatic carbocycles. The van der Waals surface area contributed by atoms with Gasteiger partial charge < -0.3 is 15.2 Å². The number of hydrogen-bond donors (Lipinski definition) is 0. The van der Waals surface area contributed by atoms with E-state index in [1.807, 2.05) is 0 Å². The van der Waals surface area contributed by atoms with Crippen LogP contribution in [0.1, 0.15) is 32.6 Å². The van der Waals surface area contributed by atoms with E-state index in [0.717, 1.165) is 19.3 Å². The maximum absolute atomic E-state index is 11.7. The number of likely N-dealkylation sites (tertiary alicyclic amines) is 1. The van der Waals surface area contributed by atoms with Crippen molar-refractivity contribution in [2.75, 3.05) is 19.7 Å². The second-order valence-electron chi connectivity index (χ2n) is 3.89. The normalized spacial score (nSPS) is 16.1. The molecule has 0 bridgehead atoms. The molecule has 1 amide bonds. The Bertz CT molecular complexity index is 348. The van der Waals surface area contributed by atoms with Gasteiger partial charge in [0.2, 0.25) is 5.91 Å². The highest BCUT2D eigenvalue weighted by atomic mass is 16.5. The summed E-state index contributed by atoms with van der Waals surface area (Å²) in [6.07, 6.45) is 3.28. The van der Waals surface area contributed by atoms with Crippen LogP contribution in [0.2, 0.25) is 0 Å². The van der Waals surface area contributed by atoms with Crippen LogP contribution in [0.5, 0.6) is 0 Å². The lowest BCUT2D eigenvalue weighted by atomic mass is 10.2. The van der Waals surface area contributed by atoms with Gasteiger partial charge in [0.05, 0.1) is 6.61 Å². The van der Waals surface area contributed by atoms with Crippen LogP contribution in [0.25, 0.3) is 5.53 Å². The predicted molar refractivity (Wildman–Crippen MR) is 60.3 cm³/mol. The molecular formula is C11H17N3O3. The fourth-order valence-corrected chi connectivity index (χ4v) is 1.74. The van der Waals surface area contributed by atoms with Crippen molar-refractivity contribution in [3.8, 4) is 0 Å². The predicted octanol–water partition coefficient (Wildman–Crippen LogP) is 0.623. The summed E-state index contributed by atoms with van der Waals surface area (Å²) in [4.78, 5) is 27.5. The van der Waals surface area contributed by atoms with Crippen molar-refractivity contribution in [2.45, 2.75) is 32.6 Å². The number of rotatable bonds is 4. The Morgan fingerprint density at radius 2 is 2.24 bits per heavy atom. The van der Waals surface area contributed by atoms with Crippen molar-refractivity contribution in [3.63, 3.8) is 0 Å². The third kappa shape index (κ3) is 4.00. The van der Waals surface area contributed by atoms with E-state index < -0.39 is 5.97 Å². The second kappa shape index (κ2) is 6.81. The van der Waals surface area contributed by atoms with Crippen molar-refractivity contribution < 1.29 is 19.1 Å². The average molecular weight is 239 g/mol. The third-order valence-electron chi connectivity index (χ3n) is 2.64. The van der Waals surface area contributed by atoms with Gasteiger partial charge in [-0.15, -0.1) is 0 Å². The molecule has 17 heavy (non-hydrogen) atoms. The van der Waals surface area contributed by atoms with Gasteiger partial charge in [0, 0.05) is 13.0 Å². The fraction of sp³-hybridized carbons (Fsp3) is 0.727. The molecule has 0 spiro atoms. The van der Waals surface area contributed by atoms with E-state index >= 15 is 0 Å². The van der Waals surface area contributed by atoms with E-state index in [-0.39, 0.29) is 24.8 Å². The van der Waals surface area contributed by atoms with Gasteiger partial charge in [0.1, 0.15) is 6.54 Å². The Kier molecular flexibility index (Phi) is 5.36. The molecule has 0 atom stereocenters. The summed E-state index contributed by atoms with van der Waals surface area (Å²) in [5, 5.41) is 0. The third-order valence-corrected chi connectivity index (χ3v) is 2.64. The molecule has 1 rings (SSSR count). The maximum atomic E-state index is 11.7. The molecule has 6 heteroatoms. The van der Waals surface area contributed by atoms with Gasteiger partial charge in [0.15, 0.2) is 0 Å². The van der Waals surface area contributed by atoms with Crippen LogP contribution in [0.4, 0.5) is 0 Å². The first-order chi connectivity index (χ1) is 8.19. The Labute approximate surface area is 100 Å². The molecule has 1 aliphatic heterocycles. The van der Waals surface area contributed by atoms with Crippen LogP contribution in [0, 0.1) is 0 Å². The number of carbonyl (C=O) groups excluding carboxylic acids is 2. The molecule has 1 fully saturated rings. The Morgan fingerprint density at radius 1 is 1.47 bits per heavy atom. The van der Waals surface area contributed by atoms with E-state index in [1.54, 1.807) is 11.8 Å². The molecule has 0 aromatic heterocycles. The molecule has 94 valence electrons. The summed E-state index contributed by atoms with van der Waals surface area (Å²) in [5.41, 5.74) is 8.64. The van der Waals surface area contributed by atoms with Crippen molar-refractivity contribution in [2.24, 2.45) is 0 Å². The van der Waals surface area contributed by atoms with Crippen LogP contribution < -0.4 is 0 Å². The van der Waals surface area contributed by atoms with Gasteiger partial charge in [-0.3, -0.25) is 4.79 Å². The van der Waals surface area contributed by atoms with Crippen molar-refractivity contribution in [1.29, 1.82) is 0 Å². The van der Waals surface area contributed by atoms with Crippen LogP contribution >= 0.6 is 0 Å². The van der Waals surface area contributed by atoms with E-state index in [0.29, 0.717) is 13.0 Å². The fourth-order valence-electron chi connectivity index (χ4n) is 1.74. The van der Waals surface area contributed by atoms with Gasteiger partial charge in [-0.05, 0) is 19.8 Å². The van der Waals surface area contributed by atoms with Crippen LogP contribution in [0.3, 0.4) is 0 Å². The van der Waals surface area contributed by atoms with E-state index in [4.69, 9.17) is 10.3 Å². The van der Waals surface area contributed by atoms with Crippen molar-refractivity contribution in [1.82, 2.24) is 4.90 Å². The summed E-state index contributed by atoms with van der Waals surface area (Å²) in [6, 6.07) is 0. The highest BCUT2D eigenvalue weighted by Gasteiger charge is 2.28. The summed E-state index contributed by atoms with van der Waals surface area (Å²) in [6.45, 7) is 2.50. The van der Waals surface area contributed by atoms with Gasteiger partial charge in [-0.1, -0.05) is 6.42 Å². The average Bonchev–Trinajstić information content (AvgIpc) is 2.51. The topological polar surface area (TPSA) is 83.0 Å². The largest absolute Gasteiger partial charge is 0.457 e. The summed E-state index contributed by atoms with van der Waals surface area (Å²) < 4.78 is 4.74. The molecular weight excluding hydrogens is 222 g/mol. The number of carbonyl (C=O) groups is 2. The smallest absolute Gasteiger partial charge is 0.418 e. The van der Waals surface area contributed by atoms with Crippen LogP contribution in [-0.2, 0) is 14.3 Å². The maximum Gasteiger partial charge on any atom is 0.418 e. The first kappa shape index (κ1) is 13.4. The van der Waals surface area contributed by atoms with E-state index in [9.17, 15) is 9.59 Å². The molecule has 0 aromatic carbocycles. The zero-order chi connectivity index (χ0) is 12.7. The zero-order valence-electron chi connectivity index (χ0n) is 10.0. The zero-order valence-corrected chi connectivity index (χ0v) is 10.0. The molecule has 1 aliphatic rings. The Morgan fingerprint density at radius 3 is 2.88 bits per heavy atom. The Balaban J connectivity index is 2.64. The molecule has 0 N–H and O–H groups in total. The lowest BCUT2D eigenvalue weighted by Crippen LogP contribution is -2.38. The standard InChI is InChI=1S/C11H17N3O3/c1-2-17-11(16)9(13-12)8-14-7-5-3-4-6-10(14)15/h2-8H2,1H3. The number of ether oxygens (including phenoxy) is 1. The highest BCUT2D eigenvalue weighted by Crippen LogP contribution is 2.10. The van der Waals surface area contributed by atoms with Gasteiger partial charge in [-0.25, -0.2) is 4.79 Å². The summed E-state index contributed by atoms with van der Waals surface area (Å²) in [7, 11) is 0. The monoisotopic (exact) mass is 239 g/mol. The van der Waals surface area contributed by atoms with Gasteiger partial charge >= 0.3 is 11.7 Å². The minimum absolute atomic E-state index is 0.00653. The van der Waals surface area contributed by atoms with Crippen molar-refractivity contribution >= 4 is 17.6 Å².